The van der Waals surface area contributed by atoms with E-state index in [1.807, 2.05) is 47.4 Å². The molecule has 3 aromatic carbocycles. The summed E-state index contributed by atoms with van der Waals surface area (Å²) in [7, 11) is 0. The summed E-state index contributed by atoms with van der Waals surface area (Å²) in [5.74, 6) is -0.158. The van der Waals surface area contributed by atoms with Crippen molar-refractivity contribution in [3.8, 4) is 16.9 Å². The summed E-state index contributed by atoms with van der Waals surface area (Å²) in [6, 6.07) is 18.9. The fraction of sp³-hybridized carbons (Fsp3) is 0.259. The summed E-state index contributed by atoms with van der Waals surface area (Å²) in [5, 5.41) is 9.38. The van der Waals surface area contributed by atoms with Gasteiger partial charge in [-0.1, -0.05) is 48.7 Å². The predicted octanol–water partition coefficient (Wildman–Crippen LogP) is 6.18. The van der Waals surface area contributed by atoms with Crippen LogP contribution in [0.2, 0.25) is 5.02 Å². The lowest BCUT2D eigenvalue weighted by Gasteiger charge is -2.23. The highest BCUT2D eigenvalue weighted by Gasteiger charge is 2.34. The Kier molecular flexibility index (Phi) is 5.81. The fourth-order valence-electron chi connectivity index (χ4n) is 4.80. The molecule has 0 saturated heterocycles. The number of ether oxygens (including phenoxy) is 1. The average Bonchev–Trinajstić information content (AvgIpc) is 3.45. The van der Waals surface area contributed by atoms with Crippen molar-refractivity contribution in [2.75, 3.05) is 0 Å². The number of benzene rings is 3. The van der Waals surface area contributed by atoms with Crippen LogP contribution >= 0.6 is 11.6 Å². The fourth-order valence-corrected chi connectivity index (χ4v) is 5.06. The first-order chi connectivity index (χ1) is 16.0. The molecule has 1 amide bonds. The standard InChI is InChI=1S/C27H24ClNO4/c28-25-14-19(8-10-24(25)27(31)32)18-5-3-4-17(12-18)16-33-22-9-11-23-20(13-22)15-29(26(23)30)21-6-1-2-7-21/h3-5,8-14,21H,1-2,6-7,15-16H2,(H,31,32). The second-order valence-corrected chi connectivity index (χ2v) is 9.09. The number of hydrogen-bond donors (Lipinski definition) is 1. The van der Waals surface area contributed by atoms with Gasteiger partial charge in [0, 0.05) is 18.2 Å². The van der Waals surface area contributed by atoms with E-state index in [9.17, 15) is 9.59 Å². The van der Waals surface area contributed by atoms with E-state index in [4.69, 9.17) is 21.4 Å². The Labute approximate surface area is 197 Å². The van der Waals surface area contributed by atoms with Gasteiger partial charge >= 0.3 is 5.97 Å². The molecule has 0 aromatic heterocycles. The predicted molar refractivity (Wildman–Crippen MR) is 127 cm³/mol. The molecule has 1 aliphatic carbocycles. The lowest BCUT2D eigenvalue weighted by atomic mass is 10.0. The zero-order chi connectivity index (χ0) is 22.9. The van der Waals surface area contributed by atoms with Crippen molar-refractivity contribution in [2.45, 2.75) is 44.9 Å². The Balaban J connectivity index is 1.28. The SMILES string of the molecule is O=C(O)c1ccc(-c2cccc(COc3ccc4c(c3)CN(C3CCCC3)C4=O)c2)cc1Cl. The van der Waals surface area contributed by atoms with Crippen LogP contribution in [0, 0.1) is 0 Å². The van der Waals surface area contributed by atoms with Crippen LogP contribution in [-0.4, -0.2) is 27.9 Å². The molecule has 6 heteroatoms. The summed E-state index contributed by atoms with van der Waals surface area (Å²) in [6.45, 7) is 1.05. The van der Waals surface area contributed by atoms with Crippen LogP contribution in [0.1, 0.15) is 57.5 Å². The van der Waals surface area contributed by atoms with Gasteiger partial charge in [-0.25, -0.2) is 4.79 Å². The molecule has 0 atom stereocenters. The summed E-state index contributed by atoms with van der Waals surface area (Å²) < 4.78 is 6.04. The van der Waals surface area contributed by atoms with E-state index in [1.165, 1.54) is 18.9 Å². The maximum atomic E-state index is 12.8. The molecule has 0 unspecified atom stereocenters. The number of carboxylic acid groups (broad SMARTS) is 1. The minimum Gasteiger partial charge on any atom is -0.489 e. The molecule has 1 saturated carbocycles. The zero-order valence-corrected chi connectivity index (χ0v) is 18.8. The van der Waals surface area contributed by atoms with E-state index in [0.717, 1.165) is 46.4 Å². The maximum Gasteiger partial charge on any atom is 0.337 e. The van der Waals surface area contributed by atoms with Gasteiger partial charge in [0.15, 0.2) is 0 Å². The summed E-state index contributed by atoms with van der Waals surface area (Å²) in [6.07, 6.45) is 4.61. The lowest BCUT2D eigenvalue weighted by molar-refractivity contribution is 0.0691. The highest BCUT2D eigenvalue weighted by Crippen LogP contribution is 2.33. The van der Waals surface area contributed by atoms with E-state index in [2.05, 4.69) is 0 Å². The third-order valence-corrected chi connectivity index (χ3v) is 6.85. The van der Waals surface area contributed by atoms with E-state index >= 15 is 0 Å². The first-order valence-corrected chi connectivity index (χ1v) is 11.6. The van der Waals surface area contributed by atoms with Gasteiger partial charge in [-0.05, 0) is 71.5 Å². The molecule has 0 radical (unpaired) electrons. The Hall–Kier alpha value is -3.31. The van der Waals surface area contributed by atoms with Gasteiger partial charge in [-0.2, -0.15) is 0 Å². The van der Waals surface area contributed by atoms with Crippen molar-refractivity contribution in [3.63, 3.8) is 0 Å². The third-order valence-electron chi connectivity index (χ3n) is 6.54. The average molecular weight is 462 g/mol. The Bertz CT molecular complexity index is 1230. The molecule has 1 fully saturated rings. The zero-order valence-electron chi connectivity index (χ0n) is 18.1. The van der Waals surface area contributed by atoms with Crippen molar-refractivity contribution < 1.29 is 19.4 Å². The van der Waals surface area contributed by atoms with Crippen molar-refractivity contribution >= 4 is 23.5 Å². The molecule has 33 heavy (non-hydrogen) atoms. The number of carboxylic acids is 1. The Morgan fingerprint density at radius 2 is 1.82 bits per heavy atom. The second-order valence-electron chi connectivity index (χ2n) is 8.68. The van der Waals surface area contributed by atoms with Gasteiger partial charge in [0.2, 0.25) is 0 Å². The largest absolute Gasteiger partial charge is 0.489 e. The highest BCUT2D eigenvalue weighted by molar-refractivity contribution is 6.33. The lowest BCUT2D eigenvalue weighted by Crippen LogP contribution is -2.33. The number of carbonyl (C=O) groups is 2. The number of hydrogen-bond acceptors (Lipinski definition) is 3. The van der Waals surface area contributed by atoms with Crippen LogP contribution in [0.5, 0.6) is 5.75 Å². The number of amides is 1. The van der Waals surface area contributed by atoms with Gasteiger partial charge in [0.1, 0.15) is 12.4 Å². The van der Waals surface area contributed by atoms with E-state index in [0.29, 0.717) is 19.2 Å². The van der Waals surface area contributed by atoms with Crippen molar-refractivity contribution in [3.05, 3.63) is 87.9 Å². The molecule has 5 rings (SSSR count). The summed E-state index contributed by atoms with van der Waals surface area (Å²) >= 11 is 6.13. The van der Waals surface area contributed by atoms with Gasteiger partial charge in [0.25, 0.3) is 5.91 Å². The van der Waals surface area contributed by atoms with Gasteiger partial charge in [-0.3, -0.25) is 4.79 Å². The highest BCUT2D eigenvalue weighted by atomic mass is 35.5. The van der Waals surface area contributed by atoms with Crippen LogP contribution in [0.3, 0.4) is 0 Å². The first-order valence-electron chi connectivity index (χ1n) is 11.2. The van der Waals surface area contributed by atoms with Crippen molar-refractivity contribution in [2.24, 2.45) is 0 Å². The van der Waals surface area contributed by atoms with Crippen LogP contribution < -0.4 is 4.74 Å². The van der Waals surface area contributed by atoms with E-state index in [-0.39, 0.29) is 16.5 Å². The summed E-state index contributed by atoms with van der Waals surface area (Å²) in [4.78, 5) is 26.0. The molecular formula is C27H24ClNO4. The minimum absolute atomic E-state index is 0.0847. The molecule has 3 aromatic rings. The smallest absolute Gasteiger partial charge is 0.337 e. The second kappa shape index (κ2) is 8.91. The molecular weight excluding hydrogens is 438 g/mol. The van der Waals surface area contributed by atoms with E-state index < -0.39 is 5.97 Å². The quantitative estimate of drug-likeness (QED) is 0.475. The third kappa shape index (κ3) is 4.33. The number of fused-ring (bicyclic) bond motifs is 1. The van der Waals surface area contributed by atoms with Crippen LogP contribution in [0.4, 0.5) is 0 Å². The molecule has 0 bridgehead atoms. The Morgan fingerprint density at radius 1 is 1.03 bits per heavy atom. The first kappa shape index (κ1) is 21.5. The number of nitrogens with zero attached hydrogens (tertiary/aromatic N) is 1. The molecule has 168 valence electrons. The number of carbonyl (C=O) groups excluding carboxylic acids is 1. The number of halogens is 1. The minimum atomic E-state index is -1.05. The van der Waals surface area contributed by atoms with Crippen LogP contribution in [0.25, 0.3) is 11.1 Å². The molecule has 1 aliphatic heterocycles. The van der Waals surface area contributed by atoms with Crippen molar-refractivity contribution in [1.29, 1.82) is 0 Å². The van der Waals surface area contributed by atoms with Gasteiger partial charge < -0.3 is 14.7 Å². The Morgan fingerprint density at radius 3 is 2.58 bits per heavy atom. The number of rotatable bonds is 6. The summed E-state index contributed by atoms with van der Waals surface area (Å²) in [5.41, 5.74) is 4.66. The molecule has 2 aliphatic rings. The van der Waals surface area contributed by atoms with E-state index in [1.54, 1.807) is 12.1 Å². The molecule has 5 nitrogen and oxygen atoms in total. The number of aromatic carboxylic acids is 1. The van der Waals surface area contributed by atoms with Crippen molar-refractivity contribution in [1.82, 2.24) is 4.90 Å². The van der Waals surface area contributed by atoms with Gasteiger partial charge in [-0.15, -0.1) is 0 Å². The van der Waals surface area contributed by atoms with Crippen LogP contribution in [0.15, 0.2) is 60.7 Å². The molecule has 1 heterocycles. The van der Waals surface area contributed by atoms with Crippen LogP contribution in [-0.2, 0) is 13.2 Å². The topological polar surface area (TPSA) is 66.8 Å². The monoisotopic (exact) mass is 461 g/mol. The molecule has 0 spiro atoms. The molecule has 1 N–H and O–H groups in total. The maximum absolute atomic E-state index is 12.8. The van der Waals surface area contributed by atoms with Gasteiger partial charge in [0.05, 0.1) is 10.6 Å². The normalized spacial score (nSPS) is 15.7.